The predicted molar refractivity (Wildman–Crippen MR) is 155 cm³/mol. The predicted octanol–water partition coefficient (Wildman–Crippen LogP) is 3.62. The van der Waals surface area contributed by atoms with Crippen molar-refractivity contribution in [2.24, 2.45) is 4.99 Å². The first-order chi connectivity index (χ1) is 19.8. The second-order valence-electron chi connectivity index (χ2n) is 8.97. The molecule has 4 rings (SSSR count). The highest BCUT2D eigenvalue weighted by Gasteiger charge is 2.36. The Morgan fingerprint density at radius 2 is 1.59 bits per heavy atom. The topological polar surface area (TPSA) is 107 Å². The summed E-state index contributed by atoms with van der Waals surface area (Å²) in [4.78, 5) is 32.9. The molecule has 10 nitrogen and oxygen atoms in total. The Labute approximate surface area is 242 Å². The highest BCUT2D eigenvalue weighted by atomic mass is 32.1. The SMILES string of the molecule is CCCC1=C(C(=O)OCC)[C@@H](c2cc(OC)ccc2OC)n2c(s/c(=C/c3c(OC)cc(OC)cc3OC)c2=O)=N1. The van der Waals surface area contributed by atoms with Crippen molar-refractivity contribution in [3.63, 3.8) is 0 Å². The average Bonchev–Trinajstić information content (AvgIpc) is 3.30. The highest BCUT2D eigenvalue weighted by Crippen LogP contribution is 2.39. The molecule has 0 unspecified atom stereocenters. The van der Waals surface area contributed by atoms with Gasteiger partial charge in [0.1, 0.15) is 34.8 Å². The van der Waals surface area contributed by atoms with Crippen molar-refractivity contribution < 1.29 is 33.2 Å². The molecule has 218 valence electrons. The molecule has 1 aliphatic rings. The van der Waals surface area contributed by atoms with Crippen molar-refractivity contribution in [3.05, 3.63) is 72.4 Å². The number of hydrogen-bond acceptors (Lipinski definition) is 10. The standard InChI is InChI=1S/C30H34N2O8S/c1-8-10-21-26(29(34)40-9-2)27(20-13-17(35-3)11-12-22(20)37-5)32-28(33)25(41-30(32)31-21)16-19-23(38-6)14-18(36-4)15-24(19)39-7/h11-16,27H,8-10H2,1-7H3/b25-16+/t27-/m1/s1. The van der Waals surface area contributed by atoms with Crippen LogP contribution in [-0.2, 0) is 9.53 Å². The van der Waals surface area contributed by atoms with Crippen LogP contribution in [0.1, 0.15) is 43.9 Å². The molecule has 1 atom stereocenters. The summed E-state index contributed by atoms with van der Waals surface area (Å²) in [7, 11) is 7.71. The van der Waals surface area contributed by atoms with E-state index in [0.717, 1.165) is 6.42 Å². The number of fused-ring (bicyclic) bond motifs is 1. The van der Waals surface area contributed by atoms with Gasteiger partial charge >= 0.3 is 5.97 Å². The molecule has 0 saturated heterocycles. The molecular formula is C30H34N2O8S. The van der Waals surface area contributed by atoms with Crippen molar-refractivity contribution in [1.29, 1.82) is 0 Å². The number of rotatable bonds is 11. The maximum absolute atomic E-state index is 14.2. The van der Waals surface area contributed by atoms with Gasteiger partial charge < -0.3 is 28.4 Å². The van der Waals surface area contributed by atoms with Gasteiger partial charge in [0, 0.05) is 17.7 Å². The van der Waals surface area contributed by atoms with Gasteiger partial charge in [-0.2, -0.15) is 0 Å². The van der Waals surface area contributed by atoms with Crippen LogP contribution in [0.15, 0.2) is 51.4 Å². The molecule has 0 radical (unpaired) electrons. The minimum atomic E-state index is -0.862. The number of allylic oxidation sites excluding steroid dienone is 1. The van der Waals surface area contributed by atoms with E-state index in [1.54, 1.807) is 57.6 Å². The summed E-state index contributed by atoms with van der Waals surface area (Å²) in [5, 5.41) is 0. The Hall–Kier alpha value is -4.25. The van der Waals surface area contributed by atoms with Crippen LogP contribution < -0.4 is 38.6 Å². The third kappa shape index (κ3) is 5.67. The van der Waals surface area contributed by atoms with Crippen LogP contribution in [0, 0.1) is 0 Å². The maximum Gasteiger partial charge on any atom is 0.338 e. The Balaban J connectivity index is 2.09. The van der Waals surface area contributed by atoms with Gasteiger partial charge in [0.25, 0.3) is 5.56 Å². The number of ether oxygens (including phenoxy) is 6. The van der Waals surface area contributed by atoms with E-state index in [1.165, 1.54) is 37.2 Å². The van der Waals surface area contributed by atoms with Crippen molar-refractivity contribution in [2.45, 2.75) is 32.7 Å². The third-order valence-electron chi connectivity index (χ3n) is 6.65. The molecule has 0 amide bonds. The summed E-state index contributed by atoms with van der Waals surface area (Å²) < 4.78 is 35.1. The van der Waals surface area contributed by atoms with Crippen LogP contribution in [0.2, 0.25) is 0 Å². The van der Waals surface area contributed by atoms with Crippen molar-refractivity contribution in [2.75, 3.05) is 42.2 Å². The van der Waals surface area contributed by atoms with Gasteiger partial charge in [-0.15, -0.1) is 0 Å². The first-order valence-corrected chi connectivity index (χ1v) is 13.9. The molecule has 0 N–H and O–H groups in total. The van der Waals surface area contributed by atoms with Gasteiger partial charge in [-0.1, -0.05) is 24.7 Å². The van der Waals surface area contributed by atoms with E-state index in [2.05, 4.69) is 0 Å². The first kappa shape index (κ1) is 29.7. The second kappa shape index (κ2) is 12.9. The lowest BCUT2D eigenvalue weighted by molar-refractivity contribution is -0.139. The van der Waals surface area contributed by atoms with Crippen LogP contribution >= 0.6 is 11.3 Å². The Kier molecular flexibility index (Phi) is 9.38. The molecule has 2 heterocycles. The quantitative estimate of drug-likeness (QED) is 0.316. The van der Waals surface area contributed by atoms with E-state index >= 15 is 0 Å². The first-order valence-electron chi connectivity index (χ1n) is 13.1. The fourth-order valence-corrected chi connectivity index (χ4v) is 5.78. The number of hydrogen-bond donors (Lipinski definition) is 0. The minimum absolute atomic E-state index is 0.172. The number of esters is 1. The van der Waals surface area contributed by atoms with Crippen LogP contribution in [0.5, 0.6) is 28.7 Å². The van der Waals surface area contributed by atoms with Gasteiger partial charge in [0.2, 0.25) is 0 Å². The summed E-state index contributed by atoms with van der Waals surface area (Å²) >= 11 is 1.21. The van der Waals surface area contributed by atoms with Gasteiger partial charge in [-0.3, -0.25) is 9.36 Å². The minimum Gasteiger partial charge on any atom is -0.497 e. The van der Waals surface area contributed by atoms with Gasteiger partial charge in [-0.05, 0) is 37.6 Å². The third-order valence-corrected chi connectivity index (χ3v) is 7.64. The number of thiazole rings is 1. The molecule has 2 aromatic carbocycles. The Bertz CT molecular complexity index is 1630. The Morgan fingerprint density at radius 1 is 0.927 bits per heavy atom. The van der Waals surface area contributed by atoms with Crippen LogP contribution in [0.25, 0.3) is 6.08 Å². The fraction of sp³-hybridized carbons (Fsp3) is 0.367. The number of nitrogens with zero attached hydrogens (tertiary/aromatic N) is 2. The lowest BCUT2D eigenvalue weighted by Gasteiger charge is -2.27. The normalized spacial score (nSPS) is 14.7. The second-order valence-corrected chi connectivity index (χ2v) is 9.98. The molecule has 1 aliphatic heterocycles. The summed E-state index contributed by atoms with van der Waals surface area (Å²) in [6, 6.07) is 7.85. The number of carbonyl (C=O) groups is 1. The van der Waals surface area contributed by atoms with Gasteiger partial charge in [0.15, 0.2) is 4.80 Å². The lowest BCUT2D eigenvalue weighted by atomic mass is 9.93. The van der Waals surface area contributed by atoms with E-state index in [1.807, 2.05) is 6.92 Å². The zero-order chi connectivity index (χ0) is 29.7. The molecule has 41 heavy (non-hydrogen) atoms. The smallest absolute Gasteiger partial charge is 0.338 e. The van der Waals surface area contributed by atoms with E-state index < -0.39 is 12.0 Å². The van der Waals surface area contributed by atoms with Crippen molar-refractivity contribution in [1.82, 2.24) is 4.57 Å². The molecular weight excluding hydrogens is 548 g/mol. The monoisotopic (exact) mass is 582 g/mol. The van der Waals surface area contributed by atoms with Gasteiger partial charge in [-0.25, -0.2) is 9.79 Å². The number of benzene rings is 2. The molecule has 0 spiro atoms. The number of carbonyl (C=O) groups excluding carboxylic acids is 1. The van der Waals surface area contributed by atoms with Gasteiger partial charge in [0.05, 0.1) is 63.5 Å². The summed E-state index contributed by atoms with van der Waals surface area (Å²) in [5.74, 6) is 1.98. The van der Waals surface area contributed by atoms with Crippen LogP contribution in [0.3, 0.4) is 0 Å². The van der Waals surface area contributed by atoms with Crippen molar-refractivity contribution >= 4 is 23.4 Å². The molecule has 0 saturated carbocycles. The summed E-state index contributed by atoms with van der Waals surface area (Å²) in [6.45, 7) is 3.92. The zero-order valence-electron chi connectivity index (χ0n) is 24.2. The Morgan fingerprint density at radius 3 is 2.15 bits per heavy atom. The molecule has 0 aliphatic carbocycles. The van der Waals surface area contributed by atoms with E-state index in [9.17, 15) is 9.59 Å². The van der Waals surface area contributed by atoms with Crippen molar-refractivity contribution in [3.8, 4) is 28.7 Å². The van der Waals surface area contributed by atoms with E-state index in [4.69, 9.17) is 33.4 Å². The maximum atomic E-state index is 14.2. The zero-order valence-corrected chi connectivity index (χ0v) is 25.0. The molecule has 0 bridgehead atoms. The van der Waals surface area contributed by atoms with Crippen LogP contribution in [-0.4, -0.2) is 52.7 Å². The molecule has 0 fully saturated rings. The number of methoxy groups -OCH3 is 5. The lowest BCUT2D eigenvalue weighted by Crippen LogP contribution is -2.40. The average molecular weight is 583 g/mol. The summed E-state index contributed by atoms with van der Waals surface area (Å²) in [6.07, 6.45) is 2.95. The highest BCUT2D eigenvalue weighted by molar-refractivity contribution is 7.07. The molecule has 3 aromatic rings. The van der Waals surface area contributed by atoms with Crippen LogP contribution in [0.4, 0.5) is 0 Å². The molecule has 1 aromatic heterocycles. The molecule has 11 heteroatoms. The summed E-state index contributed by atoms with van der Waals surface area (Å²) in [5.41, 5.74) is 1.65. The fourth-order valence-electron chi connectivity index (χ4n) is 4.77. The van der Waals surface area contributed by atoms with E-state index in [-0.39, 0.29) is 12.2 Å². The van der Waals surface area contributed by atoms with E-state index in [0.29, 0.717) is 66.9 Å². The number of aromatic nitrogens is 1. The largest absolute Gasteiger partial charge is 0.497 e.